The van der Waals surface area contributed by atoms with E-state index in [1.807, 2.05) is 0 Å². The third-order valence-corrected chi connectivity index (χ3v) is 7.58. The second-order valence-corrected chi connectivity index (χ2v) is 9.74. The number of nitrogens with one attached hydrogen (secondary N) is 1. The number of nitrogens with zero attached hydrogens (tertiary/aromatic N) is 2. The lowest BCUT2D eigenvalue weighted by atomic mass is 9.81. The number of anilines is 2. The summed E-state index contributed by atoms with van der Waals surface area (Å²) >= 11 is 0. The monoisotopic (exact) mass is 455 g/mol. The van der Waals surface area contributed by atoms with Gasteiger partial charge in [-0.1, -0.05) is 37.5 Å². The molecule has 0 spiro atoms. The van der Waals surface area contributed by atoms with Gasteiger partial charge in [0.15, 0.2) is 0 Å². The Kier molecular flexibility index (Phi) is 6.63. The standard InChI is InChI=1S/C29H33N3O2/c1-32(24-8-5-21(6-9-24)17-20-3-2-4-20)25-10-11-26-22(18-25)13-16-31-28(26)12-7-23-19-30-15-14-27(23)29(33)34/h5-6,8-11,14-15,18-20,28,31H,2-4,7,12-13,16-17H2,1H3,(H,33,34)/t28-/m1/s1. The summed E-state index contributed by atoms with van der Waals surface area (Å²) in [6.45, 7) is 0.930. The Hall–Kier alpha value is -3.18. The summed E-state index contributed by atoms with van der Waals surface area (Å²) in [7, 11) is 2.14. The van der Waals surface area contributed by atoms with Crippen molar-refractivity contribution in [2.45, 2.75) is 51.0 Å². The number of carbonyl (C=O) groups is 1. The van der Waals surface area contributed by atoms with Crippen LogP contribution in [0, 0.1) is 5.92 Å². The van der Waals surface area contributed by atoms with Crippen molar-refractivity contribution in [2.75, 3.05) is 18.5 Å². The SMILES string of the molecule is CN(c1ccc(CC2CCC2)cc1)c1ccc2c(c1)CCN[C@@H]2CCc1cnccc1C(=O)O. The molecule has 1 aliphatic carbocycles. The molecule has 1 aliphatic heterocycles. The highest BCUT2D eigenvalue weighted by Gasteiger charge is 2.22. The van der Waals surface area contributed by atoms with Crippen LogP contribution in [0.25, 0.3) is 0 Å². The molecule has 176 valence electrons. The zero-order valence-electron chi connectivity index (χ0n) is 19.8. The minimum Gasteiger partial charge on any atom is -0.478 e. The minimum atomic E-state index is -0.891. The van der Waals surface area contributed by atoms with Gasteiger partial charge < -0.3 is 15.3 Å². The van der Waals surface area contributed by atoms with Gasteiger partial charge in [-0.05, 0) is 90.7 Å². The number of hydrogen-bond acceptors (Lipinski definition) is 4. The lowest BCUT2D eigenvalue weighted by molar-refractivity contribution is 0.0695. The molecule has 5 rings (SSSR count). The van der Waals surface area contributed by atoms with Crippen molar-refractivity contribution in [3.63, 3.8) is 0 Å². The summed E-state index contributed by atoms with van der Waals surface area (Å²) in [5.41, 5.74) is 7.69. The second kappa shape index (κ2) is 9.98. The van der Waals surface area contributed by atoms with Gasteiger partial charge >= 0.3 is 5.97 Å². The van der Waals surface area contributed by atoms with E-state index in [4.69, 9.17) is 0 Å². The fourth-order valence-corrected chi connectivity index (χ4v) is 5.28. The number of benzene rings is 2. The molecule has 1 aromatic heterocycles. The molecule has 2 aromatic carbocycles. The van der Waals surface area contributed by atoms with Crippen molar-refractivity contribution in [1.29, 1.82) is 0 Å². The first-order valence-electron chi connectivity index (χ1n) is 12.4. The Morgan fingerprint density at radius 3 is 2.65 bits per heavy atom. The predicted octanol–water partition coefficient (Wildman–Crippen LogP) is 5.71. The fourth-order valence-electron chi connectivity index (χ4n) is 5.28. The molecule has 2 heterocycles. The molecule has 2 N–H and O–H groups in total. The third kappa shape index (κ3) is 4.85. The molecule has 0 unspecified atom stereocenters. The molecular formula is C29H33N3O2. The Labute approximate surface area is 201 Å². The van der Waals surface area contributed by atoms with Gasteiger partial charge in [-0.15, -0.1) is 0 Å². The van der Waals surface area contributed by atoms with Gasteiger partial charge in [0.2, 0.25) is 0 Å². The van der Waals surface area contributed by atoms with Crippen LogP contribution < -0.4 is 10.2 Å². The van der Waals surface area contributed by atoms with E-state index in [-0.39, 0.29) is 6.04 Å². The van der Waals surface area contributed by atoms with Crippen LogP contribution in [-0.4, -0.2) is 29.7 Å². The van der Waals surface area contributed by atoms with Crippen LogP contribution in [0.3, 0.4) is 0 Å². The number of fused-ring (bicyclic) bond motifs is 1. The number of rotatable bonds is 8. The molecule has 1 atom stereocenters. The first-order chi connectivity index (χ1) is 16.6. The fraction of sp³-hybridized carbons (Fsp3) is 0.379. The molecular weight excluding hydrogens is 422 g/mol. The lowest BCUT2D eigenvalue weighted by Crippen LogP contribution is -2.30. The van der Waals surface area contributed by atoms with Crippen LogP contribution in [0.4, 0.5) is 11.4 Å². The van der Waals surface area contributed by atoms with E-state index in [2.05, 4.69) is 64.7 Å². The molecule has 0 radical (unpaired) electrons. The number of aromatic nitrogens is 1. The van der Waals surface area contributed by atoms with Crippen molar-refractivity contribution in [1.82, 2.24) is 10.3 Å². The number of aryl methyl sites for hydroxylation is 1. The van der Waals surface area contributed by atoms with Crippen LogP contribution in [0.5, 0.6) is 0 Å². The van der Waals surface area contributed by atoms with E-state index in [0.29, 0.717) is 12.0 Å². The zero-order chi connectivity index (χ0) is 23.5. The summed E-state index contributed by atoms with van der Waals surface area (Å²) in [5.74, 6) is -0.00203. The second-order valence-electron chi connectivity index (χ2n) is 9.74. The van der Waals surface area contributed by atoms with Gasteiger partial charge in [-0.3, -0.25) is 4.98 Å². The maximum atomic E-state index is 11.5. The van der Waals surface area contributed by atoms with Gasteiger partial charge in [0.1, 0.15) is 0 Å². The molecule has 1 saturated carbocycles. The molecule has 0 amide bonds. The van der Waals surface area contributed by atoms with E-state index in [0.717, 1.165) is 30.9 Å². The number of carboxylic acid groups (broad SMARTS) is 1. The quantitative estimate of drug-likeness (QED) is 0.455. The third-order valence-electron chi connectivity index (χ3n) is 7.58. The molecule has 0 saturated heterocycles. The number of pyridine rings is 1. The smallest absolute Gasteiger partial charge is 0.336 e. The number of carboxylic acids is 1. The van der Waals surface area contributed by atoms with Gasteiger partial charge in [-0.2, -0.15) is 0 Å². The van der Waals surface area contributed by atoms with Crippen LogP contribution in [0.1, 0.15) is 64.3 Å². The van der Waals surface area contributed by atoms with Gasteiger partial charge in [0, 0.05) is 36.9 Å². The maximum absolute atomic E-state index is 11.5. The first-order valence-corrected chi connectivity index (χ1v) is 12.4. The van der Waals surface area contributed by atoms with E-state index in [9.17, 15) is 9.90 Å². The van der Waals surface area contributed by atoms with Crippen LogP contribution in [-0.2, 0) is 19.3 Å². The Bertz CT molecular complexity index is 1150. The van der Waals surface area contributed by atoms with E-state index >= 15 is 0 Å². The van der Waals surface area contributed by atoms with Crippen LogP contribution in [0.2, 0.25) is 0 Å². The normalized spacial score (nSPS) is 17.6. The van der Waals surface area contributed by atoms with Gasteiger partial charge in [-0.25, -0.2) is 4.79 Å². The first kappa shape index (κ1) is 22.6. The van der Waals surface area contributed by atoms with E-state index in [1.54, 1.807) is 18.5 Å². The van der Waals surface area contributed by atoms with Crippen molar-refractivity contribution >= 4 is 17.3 Å². The van der Waals surface area contributed by atoms with Crippen molar-refractivity contribution < 1.29 is 9.90 Å². The van der Waals surface area contributed by atoms with Crippen molar-refractivity contribution in [3.8, 4) is 0 Å². The highest BCUT2D eigenvalue weighted by atomic mass is 16.4. The number of aromatic carboxylic acids is 1. The van der Waals surface area contributed by atoms with E-state index < -0.39 is 5.97 Å². The summed E-state index contributed by atoms with van der Waals surface area (Å²) in [6.07, 6.45) is 11.1. The minimum absolute atomic E-state index is 0.218. The molecule has 5 heteroatoms. The highest BCUT2D eigenvalue weighted by molar-refractivity contribution is 5.89. The highest BCUT2D eigenvalue weighted by Crippen LogP contribution is 2.33. The summed E-state index contributed by atoms with van der Waals surface area (Å²) in [4.78, 5) is 17.9. The van der Waals surface area contributed by atoms with Gasteiger partial charge in [0.05, 0.1) is 5.56 Å². The van der Waals surface area contributed by atoms with E-state index in [1.165, 1.54) is 53.7 Å². The Morgan fingerprint density at radius 2 is 1.91 bits per heavy atom. The van der Waals surface area contributed by atoms with Gasteiger partial charge in [0.25, 0.3) is 0 Å². The summed E-state index contributed by atoms with van der Waals surface area (Å²) in [5, 5.41) is 13.1. The molecule has 34 heavy (non-hydrogen) atoms. The number of hydrogen-bond donors (Lipinski definition) is 2. The predicted molar refractivity (Wildman–Crippen MR) is 136 cm³/mol. The lowest BCUT2D eigenvalue weighted by Gasteiger charge is -2.29. The molecule has 5 nitrogen and oxygen atoms in total. The average Bonchev–Trinajstić information content (AvgIpc) is 2.84. The topological polar surface area (TPSA) is 65.5 Å². The average molecular weight is 456 g/mol. The molecule has 0 bridgehead atoms. The Morgan fingerprint density at radius 1 is 1.12 bits per heavy atom. The van der Waals surface area contributed by atoms with Crippen molar-refractivity contribution in [2.24, 2.45) is 5.92 Å². The largest absolute Gasteiger partial charge is 0.478 e. The van der Waals surface area contributed by atoms with Crippen LogP contribution >= 0.6 is 0 Å². The van der Waals surface area contributed by atoms with Crippen LogP contribution in [0.15, 0.2) is 60.9 Å². The summed E-state index contributed by atoms with van der Waals surface area (Å²) < 4.78 is 0. The van der Waals surface area contributed by atoms with Crippen molar-refractivity contribution in [3.05, 3.63) is 88.7 Å². The molecule has 2 aliphatic rings. The molecule has 3 aromatic rings. The Balaban J connectivity index is 1.28. The molecule has 1 fully saturated rings. The maximum Gasteiger partial charge on any atom is 0.336 e. The zero-order valence-corrected chi connectivity index (χ0v) is 19.8. The summed E-state index contributed by atoms with van der Waals surface area (Å²) in [6, 6.07) is 17.6.